The molecule has 0 saturated heterocycles. The Kier molecular flexibility index (Phi) is 5.00. The minimum Gasteiger partial charge on any atom is -0.368 e. The van der Waals surface area contributed by atoms with Crippen LogP contribution in [0, 0.1) is 11.6 Å². The molecule has 0 atom stereocenters. The quantitative estimate of drug-likeness (QED) is 0.572. The van der Waals surface area contributed by atoms with Gasteiger partial charge in [0.1, 0.15) is 17.2 Å². The zero-order chi connectivity index (χ0) is 18.1. The Bertz CT molecular complexity index is 1100. The number of aromatic nitrogens is 4. The van der Waals surface area contributed by atoms with Crippen LogP contribution in [-0.4, -0.2) is 19.9 Å². The average molecular weight is 366 g/mol. The van der Waals surface area contributed by atoms with E-state index in [4.69, 9.17) is 5.73 Å². The van der Waals surface area contributed by atoms with Gasteiger partial charge in [0.2, 0.25) is 5.95 Å². The van der Waals surface area contributed by atoms with Crippen molar-refractivity contribution < 1.29 is 8.78 Å². The molecular weight excluding hydrogens is 350 g/mol. The molecule has 0 aliphatic heterocycles. The van der Waals surface area contributed by atoms with E-state index in [1.54, 1.807) is 30.5 Å². The van der Waals surface area contributed by atoms with Gasteiger partial charge in [-0.05, 0) is 42.0 Å². The Labute approximate surface area is 153 Å². The van der Waals surface area contributed by atoms with E-state index in [1.165, 1.54) is 24.3 Å². The molecule has 8 heteroatoms. The van der Waals surface area contributed by atoms with E-state index in [1.807, 2.05) is 0 Å². The van der Waals surface area contributed by atoms with Crippen molar-refractivity contribution in [2.24, 2.45) is 0 Å². The molecule has 0 fully saturated rings. The number of hydrogen-bond donors (Lipinski definition) is 2. The van der Waals surface area contributed by atoms with E-state index < -0.39 is 0 Å². The van der Waals surface area contributed by atoms with Crippen LogP contribution in [0.15, 0.2) is 54.7 Å². The summed E-state index contributed by atoms with van der Waals surface area (Å²) >= 11 is 0. The highest BCUT2D eigenvalue weighted by Gasteiger charge is 2.12. The average Bonchev–Trinajstić information content (AvgIpc) is 2.62. The molecule has 0 aliphatic rings. The first-order valence-corrected chi connectivity index (χ1v) is 7.88. The van der Waals surface area contributed by atoms with E-state index >= 15 is 0 Å². The summed E-state index contributed by atoms with van der Waals surface area (Å²) in [6, 6.07) is 12.2. The number of fused-ring (bicyclic) bond motifs is 1. The second kappa shape index (κ2) is 7.38. The summed E-state index contributed by atoms with van der Waals surface area (Å²) in [4.78, 5) is 17.2. The Morgan fingerprint density at radius 2 is 1.67 bits per heavy atom. The molecule has 0 saturated carbocycles. The fraction of sp³-hybridized carbons (Fsp3) is 0.0526. The lowest BCUT2D eigenvalue weighted by Gasteiger charge is -2.08. The van der Waals surface area contributed by atoms with Crippen molar-refractivity contribution in [1.82, 2.24) is 26.1 Å². The molecule has 5 N–H and O–H groups in total. The predicted molar refractivity (Wildman–Crippen MR) is 99.2 cm³/mol. The fourth-order valence-electron chi connectivity index (χ4n) is 2.71. The molecule has 136 valence electrons. The monoisotopic (exact) mass is 366 g/mol. The molecule has 4 aromatic rings. The van der Waals surface area contributed by atoms with Crippen LogP contribution in [0.5, 0.6) is 0 Å². The lowest BCUT2D eigenvalue weighted by atomic mass is 10.1. The van der Waals surface area contributed by atoms with Gasteiger partial charge in [-0.15, -0.1) is 0 Å². The Morgan fingerprint density at radius 1 is 0.889 bits per heavy atom. The number of nitrogens with zero attached hydrogens (tertiary/aromatic N) is 4. The first kappa shape index (κ1) is 18.3. The van der Waals surface area contributed by atoms with Gasteiger partial charge in [0, 0.05) is 12.0 Å². The van der Waals surface area contributed by atoms with Crippen molar-refractivity contribution in [1.29, 1.82) is 0 Å². The lowest BCUT2D eigenvalue weighted by molar-refractivity contribution is 0.626. The van der Waals surface area contributed by atoms with Gasteiger partial charge >= 0.3 is 0 Å². The highest BCUT2D eigenvalue weighted by atomic mass is 19.1. The van der Waals surface area contributed by atoms with Crippen LogP contribution in [0.1, 0.15) is 11.3 Å². The van der Waals surface area contributed by atoms with Gasteiger partial charge in [-0.1, -0.05) is 12.1 Å². The maximum absolute atomic E-state index is 13.5. The molecule has 27 heavy (non-hydrogen) atoms. The van der Waals surface area contributed by atoms with Crippen molar-refractivity contribution in [3.63, 3.8) is 0 Å². The van der Waals surface area contributed by atoms with Crippen LogP contribution < -0.4 is 11.9 Å². The van der Waals surface area contributed by atoms with E-state index in [-0.39, 0.29) is 23.7 Å². The van der Waals surface area contributed by atoms with Gasteiger partial charge in [0.05, 0.1) is 17.6 Å². The zero-order valence-corrected chi connectivity index (χ0v) is 14.2. The Morgan fingerprint density at radius 3 is 2.41 bits per heavy atom. The van der Waals surface area contributed by atoms with Crippen LogP contribution in [0.25, 0.3) is 22.4 Å². The molecular formula is C19H16F2N6. The van der Waals surface area contributed by atoms with Crippen LogP contribution in [0.4, 0.5) is 14.7 Å². The van der Waals surface area contributed by atoms with E-state index in [0.717, 1.165) is 5.56 Å². The number of nitrogens with two attached hydrogens (primary N) is 1. The maximum atomic E-state index is 13.5. The van der Waals surface area contributed by atoms with Crippen molar-refractivity contribution in [3.05, 3.63) is 77.6 Å². The molecule has 0 radical (unpaired) electrons. The summed E-state index contributed by atoms with van der Waals surface area (Å²) < 4.78 is 26.6. The topological polar surface area (TPSA) is 113 Å². The van der Waals surface area contributed by atoms with E-state index in [0.29, 0.717) is 34.5 Å². The second-order valence-corrected chi connectivity index (χ2v) is 5.77. The normalized spacial score (nSPS) is 10.6. The van der Waals surface area contributed by atoms with Crippen LogP contribution in [0.3, 0.4) is 0 Å². The number of halogens is 2. The SMILES string of the molecule is N.Nc1nc(Cc2cccc(F)c2)c2nc(-c3ccc(F)cc3)cnc2n1. The molecule has 2 heterocycles. The summed E-state index contributed by atoms with van der Waals surface area (Å²) in [7, 11) is 0. The van der Waals surface area contributed by atoms with Crippen LogP contribution in [-0.2, 0) is 6.42 Å². The summed E-state index contributed by atoms with van der Waals surface area (Å²) in [5.74, 6) is -0.579. The molecule has 4 rings (SSSR count). The largest absolute Gasteiger partial charge is 0.368 e. The highest BCUT2D eigenvalue weighted by molar-refractivity contribution is 5.77. The molecule has 2 aromatic carbocycles. The molecule has 0 bridgehead atoms. The first-order chi connectivity index (χ1) is 12.6. The number of hydrogen-bond acceptors (Lipinski definition) is 6. The maximum Gasteiger partial charge on any atom is 0.222 e. The highest BCUT2D eigenvalue weighted by Crippen LogP contribution is 2.22. The molecule has 0 spiro atoms. The van der Waals surface area contributed by atoms with Gasteiger partial charge in [-0.2, -0.15) is 4.98 Å². The summed E-state index contributed by atoms with van der Waals surface area (Å²) in [6.07, 6.45) is 1.89. The second-order valence-electron chi connectivity index (χ2n) is 5.77. The van der Waals surface area contributed by atoms with E-state index in [2.05, 4.69) is 19.9 Å². The number of rotatable bonds is 3. The standard InChI is InChI=1S/C19H13F2N5.H3N/c20-13-6-4-12(5-7-13)16-10-23-18-17(24-16)15(25-19(22)26-18)9-11-2-1-3-14(21)8-11;/h1-8,10H,9H2,(H2,22,23,25,26);1H3. The minimum atomic E-state index is -0.328. The molecule has 6 nitrogen and oxygen atoms in total. The van der Waals surface area contributed by atoms with Crippen molar-refractivity contribution in [2.45, 2.75) is 6.42 Å². The first-order valence-electron chi connectivity index (χ1n) is 7.88. The van der Waals surface area contributed by atoms with Gasteiger partial charge in [0.15, 0.2) is 5.65 Å². The lowest BCUT2D eigenvalue weighted by Crippen LogP contribution is -2.05. The summed E-state index contributed by atoms with van der Waals surface area (Å²) in [6.45, 7) is 0. The van der Waals surface area contributed by atoms with Crippen LogP contribution in [0.2, 0.25) is 0 Å². The summed E-state index contributed by atoms with van der Waals surface area (Å²) in [5.41, 5.74) is 9.17. The number of anilines is 1. The predicted octanol–water partition coefficient (Wildman–Crippen LogP) is 3.70. The van der Waals surface area contributed by atoms with Gasteiger partial charge in [-0.3, -0.25) is 0 Å². The van der Waals surface area contributed by atoms with Gasteiger partial charge in [0.25, 0.3) is 0 Å². The number of benzene rings is 2. The fourth-order valence-corrected chi connectivity index (χ4v) is 2.71. The molecule has 0 aliphatic carbocycles. The zero-order valence-electron chi connectivity index (χ0n) is 14.2. The van der Waals surface area contributed by atoms with Crippen molar-refractivity contribution in [2.75, 3.05) is 5.73 Å². The summed E-state index contributed by atoms with van der Waals surface area (Å²) in [5, 5.41) is 0. The third-order valence-corrected chi connectivity index (χ3v) is 3.90. The Hall–Kier alpha value is -3.52. The number of nitrogen functional groups attached to an aromatic ring is 1. The minimum absolute atomic E-state index is 0. The molecule has 0 unspecified atom stereocenters. The van der Waals surface area contributed by atoms with Crippen molar-refractivity contribution >= 4 is 17.1 Å². The smallest absolute Gasteiger partial charge is 0.222 e. The molecule has 0 amide bonds. The third-order valence-electron chi connectivity index (χ3n) is 3.90. The third kappa shape index (κ3) is 3.85. The molecule has 2 aromatic heterocycles. The van der Waals surface area contributed by atoms with Crippen molar-refractivity contribution in [3.8, 4) is 11.3 Å². The Balaban J connectivity index is 0.00000210. The van der Waals surface area contributed by atoms with Gasteiger partial charge < -0.3 is 11.9 Å². The van der Waals surface area contributed by atoms with E-state index in [9.17, 15) is 8.78 Å². The van der Waals surface area contributed by atoms with Crippen LogP contribution >= 0.6 is 0 Å². The van der Waals surface area contributed by atoms with Gasteiger partial charge in [-0.25, -0.2) is 23.7 Å².